The number of rotatable bonds is 5. The summed E-state index contributed by atoms with van der Waals surface area (Å²) in [5.41, 5.74) is 6.70. The molecule has 7 nitrogen and oxygen atoms in total. The van der Waals surface area contributed by atoms with E-state index in [4.69, 9.17) is 10.2 Å². The summed E-state index contributed by atoms with van der Waals surface area (Å²) in [7, 11) is -2.59. The van der Waals surface area contributed by atoms with Crippen molar-refractivity contribution in [1.29, 1.82) is 0 Å². The second-order valence-corrected chi connectivity index (χ2v) is 14.5. The van der Waals surface area contributed by atoms with E-state index in [0.717, 1.165) is 0 Å². The fourth-order valence-electron chi connectivity index (χ4n) is 4.63. The van der Waals surface area contributed by atoms with Crippen LogP contribution in [-0.2, 0) is 4.43 Å². The minimum atomic E-state index is -2.59. The molecular weight excluding hydrogens is 490 g/mol. The van der Waals surface area contributed by atoms with Crippen LogP contribution in [0.4, 0.5) is 16.2 Å². The third-order valence-electron chi connectivity index (χ3n) is 6.49. The zero-order valence-corrected chi connectivity index (χ0v) is 23.1. The first-order valence-electron chi connectivity index (χ1n) is 12.7. The summed E-state index contributed by atoms with van der Waals surface area (Å²) in [4.78, 5) is 22.2. The first-order valence-corrected chi connectivity index (χ1v) is 14.6. The van der Waals surface area contributed by atoms with Gasteiger partial charge >= 0.3 is 6.03 Å². The van der Waals surface area contributed by atoms with E-state index in [1.807, 2.05) is 18.2 Å². The van der Waals surface area contributed by atoms with Crippen LogP contribution in [0.3, 0.4) is 0 Å². The molecule has 196 valence electrons. The molecular formula is C30H35N5O2Si. The Labute approximate surface area is 225 Å². The highest BCUT2D eigenvalue weighted by Gasteiger charge is 2.53. The predicted molar refractivity (Wildman–Crippen MR) is 156 cm³/mol. The van der Waals surface area contributed by atoms with Gasteiger partial charge in [-0.25, -0.2) is 4.79 Å². The largest absolute Gasteiger partial charge is 0.401 e. The molecule has 2 amide bonds. The summed E-state index contributed by atoms with van der Waals surface area (Å²) in [5, 5.41) is 5.34. The Hall–Kier alpha value is -4.01. The number of likely N-dealkylation sites (tertiary alicyclic amines) is 1. The Kier molecular flexibility index (Phi) is 8.55. The third-order valence-corrected chi connectivity index (χ3v) is 11.6. The standard InChI is InChI=1S/C25H29N3O2Si.C5H6N2/c1-25(2,3)31(22-12-6-4-7-13-22,23-14-8-5-9-15-23)30-21-18-28(19-21)24(29)27-20-11-10-16-26-17-20;6-5-2-1-3-7-4-5/h4-17,21H,18-19H2,1-3H3,(H,27,29);1-4H,6H2. The molecule has 1 aliphatic heterocycles. The molecule has 1 aliphatic rings. The fourth-order valence-corrected chi connectivity index (χ4v) is 9.30. The third kappa shape index (κ3) is 6.27. The van der Waals surface area contributed by atoms with Crippen LogP contribution in [0.15, 0.2) is 110 Å². The van der Waals surface area contributed by atoms with Gasteiger partial charge in [0.1, 0.15) is 0 Å². The maximum absolute atomic E-state index is 12.6. The molecule has 8 heteroatoms. The number of hydrogen-bond acceptors (Lipinski definition) is 5. The number of benzene rings is 2. The normalized spacial score (nSPS) is 13.6. The van der Waals surface area contributed by atoms with Crippen molar-refractivity contribution in [2.24, 2.45) is 0 Å². The van der Waals surface area contributed by atoms with Crippen LogP contribution in [0.2, 0.25) is 5.04 Å². The number of urea groups is 1. The van der Waals surface area contributed by atoms with Gasteiger partial charge in [0.2, 0.25) is 0 Å². The van der Waals surface area contributed by atoms with Gasteiger partial charge in [-0.15, -0.1) is 0 Å². The average molecular weight is 526 g/mol. The van der Waals surface area contributed by atoms with Crippen LogP contribution in [0.1, 0.15) is 20.8 Å². The van der Waals surface area contributed by atoms with Crippen molar-refractivity contribution in [1.82, 2.24) is 14.9 Å². The number of anilines is 2. The number of nitrogens with one attached hydrogen (secondary N) is 1. The van der Waals surface area contributed by atoms with E-state index in [2.05, 4.69) is 84.6 Å². The lowest BCUT2D eigenvalue weighted by Crippen LogP contribution is -2.71. The van der Waals surface area contributed by atoms with Crippen LogP contribution in [0.5, 0.6) is 0 Å². The number of hydrogen-bond donors (Lipinski definition) is 2. The lowest BCUT2D eigenvalue weighted by Gasteiger charge is -2.49. The average Bonchev–Trinajstić information content (AvgIpc) is 2.90. The monoisotopic (exact) mass is 525 g/mol. The Bertz CT molecular complexity index is 1240. The quantitative estimate of drug-likeness (QED) is 0.373. The number of nitrogen functional groups attached to an aromatic ring is 1. The van der Waals surface area contributed by atoms with Gasteiger partial charge in [0.25, 0.3) is 8.32 Å². The summed E-state index contributed by atoms with van der Waals surface area (Å²) in [6.07, 6.45) is 6.64. The SMILES string of the molecule is CC(C)(C)[Si](OC1CN(C(=O)Nc2cccnc2)C1)(c1ccccc1)c1ccccc1.Nc1cccnc1. The molecule has 5 rings (SSSR count). The number of amides is 2. The van der Waals surface area contributed by atoms with Gasteiger partial charge in [-0.2, -0.15) is 0 Å². The molecule has 3 heterocycles. The van der Waals surface area contributed by atoms with Crippen molar-refractivity contribution in [2.75, 3.05) is 24.1 Å². The lowest BCUT2D eigenvalue weighted by atomic mass is 10.2. The minimum Gasteiger partial charge on any atom is -0.401 e. The summed E-state index contributed by atoms with van der Waals surface area (Å²) in [6, 6.07) is 28.3. The molecule has 0 aliphatic carbocycles. The Morgan fingerprint density at radius 3 is 1.84 bits per heavy atom. The predicted octanol–water partition coefficient (Wildman–Crippen LogP) is 4.54. The lowest BCUT2D eigenvalue weighted by molar-refractivity contribution is 0.0422. The van der Waals surface area contributed by atoms with Gasteiger partial charge in [0.05, 0.1) is 23.7 Å². The molecule has 0 spiro atoms. The number of pyridine rings is 2. The Balaban J connectivity index is 0.000000417. The summed E-state index contributed by atoms with van der Waals surface area (Å²) >= 11 is 0. The highest BCUT2D eigenvalue weighted by atomic mass is 28.4. The van der Waals surface area contributed by atoms with Crippen LogP contribution in [0, 0.1) is 0 Å². The van der Waals surface area contributed by atoms with Crippen molar-refractivity contribution >= 4 is 36.1 Å². The Morgan fingerprint density at radius 2 is 1.42 bits per heavy atom. The minimum absolute atomic E-state index is 0.00551. The van der Waals surface area contributed by atoms with E-state index in [0.29, 0.717) is 24.5 Å². The highest BCUT2D eigenvalue weighted by Crippen LogP contribution is 2.38. The van der Waals surface area contributed by atoms with E-state index in [1.165, 1.54) is 10.4 Å². The van der Waals surface area contributed by atoms with E-state index >= 15 is 0 Å². The molecule has 2 aromatic heterocycles. The van der Waals surface area contributed by atoms with Crippen molar-refractivity contribution in [3.8, 4) is 0 Å². The summed E-state index contributed by atoms with van der Waals surface area (Å²) in [5.74, 6) is 0. The van der Waals surface area contributed by atoms with Crippen LogP contribution < -0.4 is 21.4 Å². The number of carbonyl (C=O) groups excluding carboxylic acids is 1. The zero-order chi connectivity index (χ0) is 27.0. The van der Waals surface area contributed by atoms with Crippen molar-refractivity contribution in [3.05, 3.63) is 110 Å². The molecule has 4 aromatic rings. The van der Waals surface area contributed by atoms with Gasteiger partial charge in [-0.05, 0) is 39.7 Å². The second-order valence-electron chi connectivity index (χ2n) is 10.3. The Morgan fingerprint density at radius 1 is 0.868 bits per heavy atom. The van der Waals surface area contributed by atoms with Crippen LogP contribution >= 0.6 is 0 Å². The number of nitrogens with zero attached hydrogens (tertiary/aromatic N) is 3. The number of aromatic nitrogens is 2. The zero-order valence-electron chi connectivity index (χ0n) is 22.1. The van der Waals surface area contributed by atoms with E-state index < -0.39 is 8.32 Å². The summed E-state index contributed by atoms with van der Waals surface area (Å²) in [6.45, 7) is 7.97. The number of carbonyl (C=O) groups is 1. The maximum atomic E-state index is 12.6. The molecule has 2 aromatic carbocycles. The van der Waals surface area contributed by atoms with Crippen LogP contribution in [0.25, 0.3) is 0 Å². The maximum Gasteiger partial charge on any atom is 0.322 e. The van der Waals surface area contributed by atoms with Gasteiger partial charge in [-0.3, -0.25) is 9.97 Å². The molecule has 0 radical (unpaired) electrons. The molecule has 1 fully saturated rings. The summed E-state index contributed by atoms with van der Waals surface area (Å²) < 4.78 is 7.05. The number of nitrogens with two attached hydrogens (primary N) is 1. The first kappa shape index (κ1) is 27.0. The van der Waals surface area contributed by atoms with Crippen molar-refractivity contribution in [2.45, 2.75) is 31.9 Å². The van der Waals surface area contributed by atoms with Gasteiger partial charge in [0.15, 0.2) is 0 Å². The van der Waals surface area contributed by atoms with Crippen molar-refractivity contribution in [3.63, 3.8) is 0 Å². The van der Waals surface area contributed by atoms with Crippen molar-refractivity contribution < 1.29 is 9.22 Å². The molecule has 3 N–H and O–H groups in total. The fraction of sp³-hybridized carbons (Fsp3) is 0.233. The molecule has 0 bridgehead atoms. The molecule has 1 saturated heterocycles. The highest BCUT2D eigenvalue weighted by molar-refractivity contribution is 6.99. The van der Waals surface area contributed by atoms with E-state index in [1.54, 1.807) is 47.9 Å². The molecule has 0 saturated carbocycles. The van der Waals surface area contributed by atoms with E-state index in [9.17, 15) is 4.79 Å². The van der Waals surface area contributed by atoms with Gasteiger partial charge < -0.3 is 20.4 Å². The van der Waals surface area contributed by atoms with Crippen LogP contribution in [-0.4, -0.2) is 48.4 Å². The smallest absolute Gasteiger partial charge is 0.322 e. The molecule has 38 heavy (non-hydrogen) atoms. The molecule has 0 unspecified atom stereocenters. The first-order chi connectivity index (χ1) is 18.3. The second kappa shape index (κ2) is 12.0. The van der Waals surface area contributed by atoms with Gasteiger partial charge in [0, 0.05) is 31.7 Å². The topological polar surface area (TPSA) is 93.4 Å². The molecule has 0 atom stereocenters. The van der Waals surface area contributed by atoms with Gasteiger partial charge in [-0.1, -0.05) is 81.4 Å². The van der Waals surface area contributed by atoms with E-state index in [-0.39, 0.29) is 17.2 Å².